The molecule has 0 radical (unpaired) electrons. The minimum atomic E-state index is -0.450. The van der Waals surface area contributed by atoms with E-state index in [4.69, 9.17) is 16.7 Å². The lowest BCUT2D eigenvalue weighted by molar-refractivity contribution is 0.280. The van der Waals surface area contributed by atoms with Crippen LogP contribution in [-0.4, -0.2) is 23.8 Å². The first-order valence-electron chi connectivity index (χ1n) is 2.12. The van der Waals surface area contributed by atoms with E-state index >= 15 is 0 Å². The Hall–Kier alpha value is 0.180. The average molecular weight is 127 g/mol. The smallest absolute Gasteiger partial charge is 0.0909 e. The lowest BCUT2D eigenvalue weighted by Gasteiger charge is -1.97. The first kappa shape index (κ1) is 7.18. The molecule has 0 heterocycles. The van der Waals surface area contributed by atoms with Crippen molar-refractivity contribution in [2.24, 2.45) is 0 Å². The fourth-order valence-electron chi connectivity index (χ4n) is 0.210. The second-order valence-electron chi connectivity index (χ2n) is 1.26. The van der Waals surface area contributed by atoms with Gasteiger partial charge in [-0.25, -0.2) is 0 Å². The molecule has 0 saturated heterocycles. The van der Waals surface area contributed by atoms with Crippen molar-refractivity contribution in [1.29, 1.82) is 0 Å². The predicted molar refractivity (Wildman–Crippen MR) is 27.3 cm³/mol. The summed E-state index contributed by atoms with van der Waals surface area (Å²) in [6, 6.07) is 0. The van der Waals surface area contributed by atoms with Crippen molar-refractivity contribution < 1.29 is 9.50 Å². The van der Waals surface area contributed by atoms with E-state index in [1.54, 1.807) is 0 Å². The molecule has 0 amide bonds. The summed E-state index contributed by atoms with van der Waals surface area (Å²) in [6.45, 7) is -0.583. The zero-order chi connectivity index (χ0) is 5.70. The van der Waals surface area contributed by atoms with Crippen LogP contribution in [0.1, 0.15) is 6.42 Å². The molecule has 0 aromatic heterocycles. The molecule has 1 unspecified atom stereocenters. The third kappa shape index (κ3) is 4.02. The van der Waals surface area contributed by atoms with Gasteiger partial charge in [0, 0.05) is 0 Å². The van der Waals surface area contributed by atoms with Crippen molar-refractivity contribution in [3.05, 3.63) is 0 Å². The molecule has 44 valence electrons. The Bertz CT molecular complexity index is 42.7. The molecule has 0 bridgehead atoms. The standard InChI is InChI=1S/C4H8ClFO/c5-4(3-7)1-2-6/h4,7H,1-3H2. The average Bonchev–Trinajstić information content (AvgIpc) is 1.68. The van der Waals surface area contributed by atoms with Gasteiger partial charge in [-0.3, -0.25) is 4.39 Å². The van der Waals surface area contributed by atoms with Crippen molar-refractivity contribution in [1.82, 2.24) is 0 Å². The summed E-state index contributed by atoms with van der Waals surface area (Å²) in [4.78, 5) is 0. The second-order valence-corrected chi connectivity index (χ2v) is 1.87. The lowest BCUT2D eigenvalue weighted by Crippen LogP contribution is -2.04. The van der Waals surface area contributed by atoms with E-state index in [-0.39, 0.29) is 13.0 Å². The van der Waals surface area contributed by atoms with E-state index in [1.807, 2.05) is 0 Å². The third-order valence-electron chi connectivity index (χ3n) is 0.620. The molecule has 0 aliphatic carbocycles. The van der Waals surface area contributed by atoms with Crippen molar-refractivity contribution in [3.63, 3.8) is 0 Å². The van der Waals surface area contributed by atoms with Crippen molar-refractivity contribution in [3.8, 4) is 0 Å². The molecule has 0 aromatic rings. The lowest BCUT2D eigenvalue weighted by atomic mass is 10.3. The van der Waals surface area contributed by atoms with E-state index in [1.165, 1.54) is 0 Å². The van der Waals surface area contributed by atoms with Gasteiger partial charge in [-0.05, 0) is 6.42 Å². The summed E-state index contributed by atoms with van der Waals surface area (Å²) in [5, 5.41) is 7.77. The number of aliphatic hydroxyl groups excluding tert-OH is 1. The van der Waals surface area contributed by atoms with Gasteiger partial charge in [0.05, 0.1) is 18.7 Å². The summed E-state index contributed by atoms with van der Waals surface area (Å²) < 4.78 is 11.2. The monoisotopic (exact) mass is 126 g/mol. The van der Waals surface area contributed by atoms with E-state index in [0.29, 0.717) is 0 Å². The molecule has 0 rings (SSSR count). The van der Waals surface area contributed by atoms with Crippen LogP contribution in [-0.2, 0) is 0 Å². The van der Waals surface area contributed by atoms with Gasteiger partial charge >= 0.3 is 0 Å². The van der Waals surface area contributed by atoms with Gasteiger partial charge in [0.1, 0.15) is 0 Å². The van der Waals surface area contributed by atoms with Crippen LogP contribution >= 0.6 is 11.6 Å². The van der Waals surface area contributed by atoms with Crippen LogP contribution in [0, 0.1) is 0 Å². The Morgan fingerprint density at radius 1 is 1.71 bits per heavy atom. The molecule has 7 heavy (non-hydrogen) atoms. The molecule has 1 N–H and O–H groups in total. The highest BCUT2D eigenvalue weighted by Gasteiger charge is 1.98. The van der Waals surface area contributed by atoms with Gasteiger partial charge in [-0.15, -0.1) is 11.6 Å². The van der Waals surface area contributed by atoms with Crippen molar-refractivity contribution in [2.75, 3.05) is 13.3 Å². The van der Waals surface area contributed by atoms with E-state index in [2.05, 4.69) is 0 Å². The third-order valence-corrected chi connectivity index (χ3v) is 0.977. The van der Waals surface area contributed by atoms with Gasteiger partial charge < -0.3 is 5.11 Å². The molecule has 1 atom stereocenters. The quantitative estimate of drug-likeness (QED) is 0.559. The van der Waals surface area contributed by atoms with Crippen LogP contribution in [0.2, 0.25) is 0 Å². The zero-order valence-electron chi connectivity index (χ0n) is 3.90. The normalized spacial score (nSPS) is 14.1. The van der Waals surface area contributed by atoms with Gasteiger partial charge in [-0.1, -0.05) is 0 Å². The minimum Gasteiger partial charge on any atom is -0.395 e. The zero-order valence-corrected chi connectivity index (χ0v) is 4.66. The number of hydrogen-bond acceptors (Lipinski definition) is 1. The maximum absolute atomic E-state index is 11.2. The fourth-order valence-corrected chi connectivity index (χ4v) is 0.292. The predicted octanol–water partition coefficient (Wildman–Crippen LogP) is 0.946. The summed E-state index contributed by atoms with van der Waals surface area (Å²) in [5.74, 6) is 0. The molecule has 0 fully saturated rings. The highest BCUT2D eigenvalue weighted by molar-refractivity contribution is 6.20. The Kier molecular flexibility index (Phi) is 4.45. The molecule has 0 spiro atoms. The SMILES string of the molecule is OCC(Cl)CCF. The Morgan fingerprint density at radius 2 is 2.29 bits per heavy atom. The second kappa shape index (κ2) is 4.34. The molecule has 1 nitrogen and oxygen atoms in total. The highest BCUT2D eigenvalue weighted by atomic mass is 35.5. The number of halogens is 2. The van der Waals surface area contributed by atoms with Crippen molar-refractivity contribution in [2.45, 2.75) is 11.8 Å². The Morgan fingerprint density at radius 3 is 2.43 bits per heavy atom. The molecule has 0 aromatic carbocycles. The van der Waals surface area contributed by atoms with Crippen LogP contribution in [0.4, 0.5) is 4.39 Å². The Labute approximate surface area is 47.1 Å². The molecule has 0 aliphatic heterocycles. The number of hydrogen-bond donors (Lipinski definition) is 1. The Balaban J connectivity index is 2.83. The van der Waals surface area contributed by atoms with Gasteiger partial charge in [0.25, 0.3) is 0 Å². The number of rotatable bonds is 3. The van der Waals surface area contributed by atoms with Gasteiger partial charge in [-0.2, -0.15) is 0 Å². The van der Waals surface area contributed by atoms with Gasteiger partial charge in [0.15, 0.2) is 0 Å². The molecule has 0 saturated carbocycles. The van der Waals surface area contributed by atoms with E-state index < -0.39 is 12.1 Å². The van der Waals surface area contributed by atoms with Crippen LogP contribution in [0.15, 0.2) is 0 Å². The van der Waals surface area contributed by atoms with E-state index in [9.17, 15) is 4.39 Å². The minimum absolute atomic E-state index is 0.133. The molecule has 0 aliphatic rings. The van der Waals surface area contributed by atoms with Crippen LogP contribution in [0.25, 0.3) is 0 Å². The van der Waals surface area contributed by atoms with E-state index in [0.717, 1.165) is 0 Å². The maximum atomic E-state index is 11.2. The molecular formula is C4H8ClFO. The van der Waals surface area contributed by atoms with Crippen molar-refractivity contribution >= 4 is 11.6 Å². The first-order chi connectivity index (χ1) is 3.31. The molecular weight excluding hydrogens is 118 g/mol. The maximum Gasteiger partial charge on any atom is 0.0909 e. The van der Waals surface area contributed by atoms with Crippen LogP contribution < -0.4 is 0 Å². The topological polar surface area (TPSA) is 20.2 Å². The highest BCUT2D eigenvalue weighted by Crippen LogP contribution is 1.98. The fraction of sp³-hybridized carbons (Fsp3) is 1.00. The van der Waals surface area contributed by atoms with Crippen LogP contribution in [0.5, 0.6) is 0 Å². The molecule has 3 heteroatoms. The first-order valence-corrected chi connectivity index (χ1v) is 2.55. The van der Waals surface area contributed by atoms with Crippen LogP contribution in [0.3, 0.4) is 0 Å². The number of aliphatic hydroxyl groups is 1. The van der Waals surface area contributed by atoms with Gasteiger partial charge in [0.2, 0.25) is 0 Å². The summed E-state index contributed by atoms with van der Waals surface area (Å²) >= 11 is 5.28. The summed E-state index contributed by atoms with van der Waals surface area (Å²) in [7, 11) is 0. The number of alkyl halides is 2. The summed E-state index contributed by atoms with van der Waals surface area (Å²) in [5.41, 5.74) is 0. The summed E-state index contributed by atoms with van der Waals surface area (Å²) in [6.07, 6.45) is 0.248. The largest absolute Gasteiger partial charge is 0.395 e.